The zero-order valence-electron chi connectivity index (χ0n) is 13.6. The largest absolute Gasteiger partial charge is 0.298 e. The second kappa shape index (κ2) is 7.69. The Morgan fingerprint density at radius 3 is 1.21 bits per heavy atom. The van der Waals surface area contributed by atoms with Crippen LogP contribution in [0, 0.1) is 0 Å². The van der Waals surface area contributed by atoms with Crippen molar-refractivity contribution < 1.29 is 9.59 Å². The summed E-state index contributed by atoms with van der Waals surface area (Å²) >= 11 is 0. The normalized spacial score (nSPS) is 14.2. The minimum Gasteiger partial charge on any atom is -0.298 e. The number of carbonyl (C=O) groups excluding carboxylic acids is 2. The number of aldehydes is 2. The molecule has 1 aliphatic rings. The van der Waals surface area contributed by atoms with Crippen molar-refractivity contribution in [2.45, 2.75) is 25.7 Å². The molecule has 2 aromatic rings. The van der Waals surface area contributed by atoms with Gasteiger partial charge >= 0.3 is 0 Å². The standard InChI is InChI=1S/C22H20O2/c23-15-21-7-3-1-5-19(21)13-17-9-11-18(12-10-17)14-20-6-2-4-8-22(20)16-24/h1-8,13-16H,9-12H2. The smallest absolute Gasteiger partial charge is 0.150 e. The molecule has 0 bridgehead atoms. The summed E-state index contributed by atoms with van der Waals surface area (Å²) in [5, 5.41) is 0. The van der Waals surface area contributed by atoms with Crippen LogP contribution in [-0.4, -0.2) is 12.6 Å². The topological polar surface area (TPSA) is 34.1 Å². The maximum atomic E-state index is 11.1. The van der Waals surface area contributed by atoms with Crippen LogP contribution in [0.25, 0.3) is 12.2 Å². The molecule has 1 aliphatic carbocycles. The Labute approximate surface area is 142 Å². The van der Waals surface area contributed by atoms with Crippen molar-refractivity contribution in [3.8, 4) is 0 Å². The first-order valence-electron chi connectivity index (χ1n) is 8.27. The van der Waals surface area contributed by atoms with Crippen LogP contribution < -0.4 is 0 Å². The zero-order chi connectivity index (χ0) is 16.8. The van der Waals surface area contributed by atoms with Crippen LogP contribution in [0.4, 0.5) is 0 Å². The first kappa shape index (κ1) is 16.1. The third-order valence-corrected chi connectivity index (χ3v) is 4.50. The molecule has 3 rings (SSSR count). The Morgan fingerprint density at radius 1 is 0.542 bits per heavy atom. The fraction of sp³-hybridized carbons (Fsp3) is 0.182. The molecule has 0 unspecified atom stereocenters. The minimum atomic E-state index is 0.742. The SMILES string of the molecule is O=Cc1ccccc1C=C1CCC(=Cc2ccccc2C=O)CC1. The first-order chi connectivity index (χ1) is 11.8. The lowest BCUT2D eigenvalue weighted by atomic mass is 9.87. The van der Waals surface area contributed by atoms with Crippen LogP contribution in [0.1, 0.15) is 57.5 Å². The van der Waals surface area contributed by atoms with Crippen molar-refractivity contribution in [2.75, 3.05) is 0 Å². The summed E-state index contributed by atoms with van der Waals surface area (Å²) in [4.78, 5) is 22.2. The van der Waals surface area contributed by atoms with Gasteiger partial charge in [0.05, 0.1) is 0 Å². The van der Waals surface area contributed by atoms with Gasteiger partial charge in [-0.1, -0.05) is 71.8 Å². The van der Waals surface area contributed by atoms with Gasteiger partial charge in [0.1, 0.15) is 0 Å². The molecule has 2 aromatic carbocycles. The van der Waals surface area contributed by atoms with Gasteiger partial charge in [-0.25, -0.2) is 0 Å². The molecule has 1 fully saturated rings. The summed E-state index contributed by atoms with van der Waals surface area (Å²) in [5.41, 5.74) is 6.25. The van der Waals surface area contributed by atoms with Gasteiger partial charge in [-0.3, -0.25) is 9.59 Å². The highest BCUT2D eigenvalue weighted by molar-refractivity contribution is 5.83. The highest BCUT2D eigenvalue weighted by atomic mass is 16.1. The molecule has 0 amide bonds. The van der Waals surface area contributed by atoms with Crippen LogP contribution in [0.15, 0.2) is 59.7 Å². The Kier molecular flexibility index (Phi) is 5.17. The van der Waals surface area contributed by atoms with Crippen LogP contribution >= 0.6 is 0 Å². The molecular weight excluding hydrogens is 296 g/mol. The molecule has 24 heavy (non-hydrogen) atoms. The molecule has 0 radical (unpaired) electrons. The van der Waals surface area contributed by atoms with Crippen molar-refractivity contribution in [3.05, 3.63) is 81.9 Å². The third kappa shape index (κ3) is 3.77. The Morgan fingerprint density at radius 2 is 0.875 bits per heavy atom. The molecule has 0 saturated heterocycles. The molecule has 0 aliphatic heterocycles. The van der Waals surface area contributed by atoms with Gasteiger partial charge in [0.25, 0.3) is 0 Å². The Bertz CT molecular complexity index is 731. The molecule has 2 heteroatoms. The lowest BCUT2D eigenvalue weighted by molar-refractivity contribution is 0.111. The number of hydrogen-bond acceptors (Lipinski definition) is 2. The van der Waals surface area contributed by atoms with Crippen molar-refractivity contribution >= 4 is 24.7 Å². The van der Waals surface area contributed by atoms with E-state index in [0.717, 1.165) is 60.5 Å². The van der Waals surface area contributed by atoms with Gasteiger partial charge in [0.15, 0.2) is 12.6 Å². The fourth-order valence-corrected chi connectivity index (χ4v) is 3.12. The van der Waals surface area contributed by atoms with E-state index in [1.165, 1.54) is 11.1 Å². The molecule has 0 atom stereocenters. The molecule has 2 nitrogen and oxygen atoms in total. The van der Waals surface area contributed by atoms with E-state index < -0.39 is 0 Å². The number of allylic oxidation sites excluding steroid dienone is 2. The predicted molar refractivity (Wildman–Crippen MR) is 98.1 cm³/mol. The maximum Gasteiger partial charge on any atom is 0.150 e. The Balaban J connectivity index is 1.74. The molecule has 0 heterocycles. The molecule has 120 valence electrons. The van der Waals surface area contributed by atoms with E-state index in [0.29, 0.717) is 0 Å². The number of rotatable bonds is 4. The lowest BCUT2D eigenvalue weighted by Gasteiger charge is -2.18. The highest BCUT2D eigenvalue weighted by Gasteiger charge is 2.11. The minimum absolute atomic E-state index is 0.742. The van der Waals surface area contributed by atoms with Crippen LogP contribution in [0.5, 0.6) is 0 Å². The van der Waals surface area contributed by atoms with E-state index in [1.54, 1.807) is 0 Å². The molecule has 1 saturated carbocycles. The molecule has 0 spiro atoms. The number of carbonyl (C=O) groups is 2. The highest BCUT2D eigenvalue weighted by Crippen LogP contribution is 2.31. The molecule has 0 aromatic heterocycles. The van der Waals surface area contributed by atoms with Gasteiger partial charge in [0, 0.05) is 11.1 Å². The van der Waals surface area contributed by atoms with Gasteiger partial charge in [-0.05, 0) is 36.8 Å². The second-order valence-electron chi connectivity index (χ2n) is 6.10. The Hall–Kier alpha value is -2.74. The summed E-state index contributed by atoms with van der Waals surface area (Å²) < 4.78 is 0. The molecule has 0 N–H and O–H groups in total. The maximum absolute atomic E-state index is 11.1. The van der Waals surface area contributed by atoms with E-state index in [4.69, 9.17) is 0 Å². The summed E-state index contributed by atoms with van der Waals surface area (Å²) in [6.45, 7) is 0. The molecular formula is C22H20O2. The van der Waals surface area contributed by atoms with E-state index >= 15 is 0 Å². The van der Waals surface area contributed by atoms with Crippen LogP contribution in [0.3, 0.4) is 0 Å². The number of benzene rings is 2. The third-order valence-electron chi connectivity index (χ3n) is 4.50. The summed E-state index contributed by atoms with van der Waals surface area (Å²) in [7, 11) is 0. The number of hydrogen-bond donors (Lipinski definition) is 0. The van der Waals surface area contributed by atoms with E-state index in [1.807, 2.05) is 48.5 Å². The monoisotopic (exact) mass is 316 g/mol. The van der Waals surface area contributed by atoms with E-state index in [-0.39, 0.29) is 0 Å². The van der Waals surface area contributed by atoms with Crippen molar-refractivity contribution in [1.29, 1.82) is 0 Å². The van der Waals surface area contributed by atoms with Crippen LogP contribution in [0.2, 0.25) is 0 Å². The van der Waals surface area contributed by atoms with Crippen molar-refractivity contribution in [2.24, 2.45) is 0 Å². The van der Waals surface area contributed by atoms with Crippen molar-refractivity contribution in [1.82, 2.24) is 0 Å². The van der Waals surface area contributed by atoms with E-state index in [9.17, 15) is 9.59 Å². The summed E-state index contributed by atoms with van der Waals surface area (Å²) in [5.74, 6) is 0. The quantitative estimate of drug-likeness (QED) is 0.712. The van der Waals surface area contributed by atoms with Gasteiger partial charge in [-0.15, -0.1) is 0 Å². The zero-order valence-corrected chi connectivity index (χ0v) is 13.6. The van der Waals surface area contributed by atoms with Gasteiger partial charge in [-0.2, -0.15) is 0 Å². The van der Waals surface area contributed by atoms with Gasteiger partial charge in [0.2, 0.25) is 0 Å². The summed E-state index contributed by atoms with van der Waals surface area (Å²) in [6.07, 6.45) is 10.1. The first-order valence-corrected chi connectivity index (χ1v) is 8.27. The average molecular weight is 316 g/mol. The second-order valence-corrected chi connectivity index (χ2v) is 6.10. The summed E-state index contributed by atoms with van der Waals surface area (Å²) in [6, 6.07) is 15.4. The van der Waals surface area contributed by atoms with Gasteiger partial charge < -0.3 is 0 Å². The van der Waals surface area contributed by atoms with Crippen LogP contribution in [-0.2, 0) is 0 Å². The fourth-order valence-electron chi connectivity index (χ4n) is 3.12. The van der Waals surface area contributed by atoms with Crippen molar-refractivity contribution in [3.63, 3.8) is 0 Å². The van der Waals surface area contributed by atoms with E-state index in [2.05, 4.69) is 12.2 Å². The predicted octanol–water partition coefficient (Wildman–Crippen LogP) is 5.35. The average Bonchev–Trinajstić information content (AvgIpc) is 2.64. The lowest BCUT2D eigenvalue weighted by Crippen LogP contribution is -1.99.